The molecule has 0 aliphatic rings. The molecule has 0 atom stereocenters. The van der Waals surface area contributed by atoms with Gasteiger partial charge in [-0.05, 0) is 19.1 Å². The molecule has 0 saturated carbocycles. The first-order valence-corrected chi connectivity index (χ1v) is 5.38. The summed E-state index contributed by atoms with van der Waals surface area (Å²) >= 11 is 0. The maximum atomic E-state index is 11.4. The topological polar surface area (TPSA) is 55.4 Å². The van der Waals surface area contributed by atoms with Gasteiger partial charge in [0.25, 0.3) is 0 Å². The SMILES string of the molecule is CCOC=CC(=O)CC(=O)Nc1ccccc1. The average Bonchev–Trinajstić information content (AvgIpc) is 2.30. The van der Waals surface area contributed by atoms with Crippen molar-refractivity contribution in [1.82, 2.24) is 0 Å². The Labute approximate surface area is 100 Å². The number of hydrogen-bond acceptors (Lipinski definition) is 3. The van der Waals surface area contributed by atoms with E-state index in [4.69, 9.17) is 4.74 Å². The van der Waals surface area contributed by atoms with Crippen molar-refractivity contribution in [2.75, 3.05) is 11.9 Å². The van der Waals surface area contributed by atoms with Crippen LogP contribution in [0.25, 0.3) is 0 Å². The van der Waals surface area contributed by atoms with Crippen molar-refractivity contribution in [2.24, 2.45) is 0 Å². The number of hydrogen-bond donors (Lipinski definition) is 1. The number of allylic oxidation sites excluding steroid dienone is 1. The predicted molar refractivity (Wildman–Crippen MR) is 65.5 cm³/mol. The van der Waals surface area contributed by atoms with E-state index in [0.29, 0.717) is 12.3 Å². The number of ketones is 1. The quantitative estimate of drug-likeness (QED) is 0.465. The van der Waals surface area contributed by atoms with E-state index in [2.05, 4.69) is 5.32 Å². The zero-order chi connectivity index (χ0) is 12.5. The number of carbonyl (C=O) groups is 2. The van der Waals surface area contributed by atoms with Gasteiger partial charge < -0.3 is 10.1 Å². The molecule has 0 aliphatic carbocycles. The minimum absolute atomic E-state index is 0.182. The van der Waals surface area contributed by atoms with Gasteiger partial charge in [-0.2, -0.15) is 0 Å². The van der Waals surface area contributed by atoms with Gasteiger partial charge in [0, 0.05) is 11.8 Å². The number of ether oxygens (including phenoxy) is 1. The van der Waals surface area contributed by atoms with Crippen LogP contribution in [0.4, 0.5) is 5.69 Å². The zero-order valence-corrected chi connectivity index (χ0v) is 9.68. The summed E-state index contributed by atoms with van der Waals surface area (Å²) < 4.78 is 4.87. The normalized spacial score (nSPS) is 10.2. The Balaban J connectivity index is 2.37. The molecular formula is C13H15NO3. The number of anilines is 1. The maximum Gasteiger partial charge on any atom is 0.232 e. The third kappa shape index (κ3) is 5.51. The fourth-order valence-electron chi connectivity index (χ4n) is 1.16. The first kappa shape index (κ1) is 13.0. The van der Waals surface area contributed by atoms with E-state index in [1.807, 2.05) is 25.1 Å². The van der Waals surface area contributed by atoms with Crippen LogP contribution in [-0.4, -0.2) is 18.3 Å². The predicted octanol–water partition coefficient (Wildman–Crippen LogP) is 2.13. The number of benzene rings is 1. The molecule has 0 aromatic heterocycles. The number of rotatable bonds is 6. The van der Waals surface area contributed by atoms with Crippen LogP contribution in [0.1, 0.15) is 13.3 Å². The smallest absolute Gasteiger partial charge is 0.232 e. The number of para-hydroxylation sites is 1. The highest BCUT2D eigenvalue weighted by Gasteiger charge is 2.06. The second-order valence-corrected chi connectivity index (χ2v) is 3.32. The number of nitrogens with one attached hydrogen (secondary N) is 1. The van der Waals surface area contributed by atoms with Crippen molar-refractivity contribution in [3.05, 3.63) is 42.7 Å². The van der Waals surface area contributed by atoms with Crippen LogP contribution >= 0.6 is 0 Å². The number of amides is 1. The summed E-state index contributed by atoms with van der Waals surface area (Å²) in [5.74, 6) is -0.616. The molecule has 17 heavy (non-hydrogen) atoms. The molecule has 0 saturated heterocycles. The maximum absolute atomic E-state index is 11.4. The molecule has 4 heteroatoms. The molecule has 4 nitrogen and oxygen atoms in total. The third-order valence-corrected chi connectivity index (χ3v) is 1.91. The fourth-order valence-corrected chi connectivity index (χ4v) is 1.16. The van der Waals surface area contributed by atoms with Crippen LogP contribution in [-0.2, 0) is 14.3 Å². The van der Waals surface area contributed by atoms with Gasteiger partial charge in [0.2, 0.25) is 5.91 Å². The fraction of sp³-hybridized carbons (Fsp3) is 0.231. The Morgan fingerprint density at radius 1 is 1.29 bits per heavy atom. The van der Waals surface area contributed by atoms with Crippen molar-refractivity contribution in [3.63, 3.8) is 0 Å². The minimum Gasteiger partial charge on any atom is -0.501 e. The summed E-state index contributed by atoms with van der Waals surface area (Å²) in [5.41, 5.74) is 0.680. The lowest BCUT2D eigenvalue weighted by Crippen LogP contribution is -2.15. The number of carbonyl (C=O) groups excluding carboxylic acids is 2. The van der Waals surface area contributed by atoms with E-state index in [1.165, 1.54) is 12.3 Å². The summed E-state index contributed by atoms with van der Waals surface area (Å²) in [5, 5.41) is 2.63. The molecule has 0 radical (unpaired) electrons. The standard InChI is InChI=1S/C13H15NO3/c1-2-17-9-8-12(15)10-13(16)14-11-6-4-3-5-7-11/h3-9H,2,10H2,1H3,(H,14,16). The van der Waals surface area contributed by atoms with Crippen molar-refractivity contribution in [3.8, 4) is 0 Å². The van der Waals surface area contributed by atoms with Gasteiger partial charge in [-0.1, -0.05) is 18.2 Å². The van der Waals surface area contributed by atoms with E-state index in [1.54, 1.807) is 12.1 Å². The first-order chi connectivity index (χ1) is 8.22. The second-order valence-electron chi connectivity index (χ2n) is 3.32. The van der Waals surface area contributed by atoms with Crippen molar-refractivity contribution < 1.29 is 14.3 Å². The van der Waals surface area contributed by atoms with E-state index in [0.717, 1.165) is 0 Å². The van der Waals surface area contributed by atoms with Gasteiger partial charge in [-0.25, -0.2) is 0 Å². The Morgan fingerprint density at radius 3 is 2.65 bits per heavy atom. The van der Waals surface area contributed by atoms with Crippen LogP contribution in [0.3, 0.4) is 0 Å². The van der Waals surface area contributed by atoms with Gasteiger partial charge >= 0.3 is 0 Å². The Hall–Kier alpha value is -2.10. The van der Waals surface area contributed by atoms with Gasteiger partial charge in [-0.15, -0.1) is 0 Å². The molecule has 0 unspecified atom stereocenters. The van der Waals surface area contributed by atoms with Gasteiger partial charge in [0.1, 0.15) is 0 Å². The van der Waals surface area contributed by atoms with E-state index >= 15 is 0 Å². The Kier molecular flexibility index (Phi) is 5.51. The molecule has 0 aliphatic heterocycles. The molecule has 0 spiro atoms. The Morgan fingerprint density at radius 2 is 2.00 bits per heavy atom. The van der Waals surface area contributed by atoms with Crippen LogP contribution in [0, 0.1) is 0 Å². The second kappa shape index (κ2) is 7.22. The van der Waals surface area contributed by atoms with Crippen LogP contribution in [0.15, 0.2) is 42.7 Å². The molecular weight excluding hydrogens is 218 g/mol. The molecule has 0 fully saturated rings. The van der Waals surface area contributed by atoms with Gasteiger partial charge in [-0.3, -0.25) is 9.59 Å². The van der Waals surface area contributed by atoms with E-state index in [9.17, 15) is 9.59 Å². The minimum atomic E-state index is -0.331. The summed E-state index contributed by atoms with van der Waals surface area (Å²) in [6.45, 7) is 2.32. The lowest BCUT2D eigenvalue weighted by molar-refractivity contribution is -0.122. The lowest BCUT2D eigenvalue weighted by atomic mass is 10.2. The van der Waals surface area contributed by atoms with Crippen LogP contribution in [0.5, 0.6) is 0 Å². The largest absolute Gasteiger partial charge is 0.501 e. The molecule has 1 amide bonds. The monoisotopic (exact) mass is 233 g/mol. The summed E-state index contributed by atoms with van der Waals surface area (Å²) in [7, 11) is 0. The molecule has 0 heterocycles. The molecule has 1 N–H and O–H groups in total. The van der Waals surface area contributed by atoms with Crippen molar-refractivity contribution >= 4 is 17.4 Å². The van der Waals surface area contributed by atoms with Gasteiger partial charge in [0.05, 0.1) is 19.3 Å². The summed E-state index contributed by atoms with van der Waals surface area (Å²) in [6.07, 6.45) is 2.38. The summed E-state index contributed by atoms with van der Waals surface area (Å²) in [4.78, 5) is 22.7. The third-order valence-electron chi connectivity index (χ3n) is 1.91. The molecule has 0 bridgehead atoms. The van der Waals surface area contributed by atoms with E-state index < -0.39 is 0 Å². The average molecular weight is 233 g/mol. The Bertz CT molecular complexity index is 398. The van der Waals surface area contributed by atoms with Crippen LogP contribution < -0.4 is 5.32 Å². The highest BCUT2D eigenvalue weighted by atomic mass is 16.5. The van der Waals surface area contributed by atoms with Crippen molar-refractivity contribution in [2.45, 2.75) is 13.3 Å². The van der Waals surface area contributed by atoms with Gasteiger partial charge in [0.15, 0.2) is 5.78 Å². The van der Waals surface area contributed by atoms with Crippen LogP contribution in [0.2, 0.25) is 0 Å². The molecule has 1 aromatic rings. The van der Waals surface area contributed by atoms with Crippen molar-refractivity contribution in [1.29, 1.82) is 0 Å². The lowest BCUT2D eigenvalue weighted by Gasteiger charge is -2.02. The molecule has 1 rings (SSSR count). The highest BCUT2D eigenvalue weighted by molar-refractivity contribution is 6.08. The first-order valence-electron chi connectivity index (χ1n) is 5.38. The molecule has 90 valence electrons. The highest BCUT2D eigenvalue weighted by Crippen LogP contribution is 2.05. The summed E-state index contributed by atoms with van der Waals surface area (Å²) in [6, 6.07) is 9.00. The zero-order valence-electron chi connectivity index (χ0n) is 9.68. The molecule has 1 aromatic carbocycles. The van der Waals surface area contributed by atoms with E-state index in [-0.39, 0.29) is 18.1 Å².